The number of nitrogens with two attached hydrogens (primary N) is 1. The molecule has 6 rings (SSSR count). The van der Waals surface area contributed by atoms with Gasteiger partial charge in [0.1, 0.15) is 23.7 Å². The Kier molecular flexibility index (Phi) is 6.67. The molecule has 0 unspecified atom stereocenters. The molecule has 2 N–H and O–H groups in total. The highest BCUT2D eigenvalue weighted by molar-refractivity contribution is 7.23. The van der Waals surface area contributed by atoms with Crippen molar-refractivity contribution in [2.24, 2.45) is 0 Å². The lowest BCUT2D eigenvalue weighted by atomic mass is 9.82. The molecule has 0 aliphatic carbocycles. The van der Waals surface area contributed by atoms with Gasteiger partial charge in [0.2, 0.25) is 0 Å². The minimum atomic E-state index is -0.693. The number of nitrogen functional groups attached to an aromatic ring is 1. The highest BCUT2D eigenvalue weighted by Crippen LogP contribution is 2.42. The number of likely N-dealkylation sites (tertiary alicyclic amines) is 1. The third kappa shape index (κ3) is 4.66. The second-order valence-electron chi connectivity index (χ2n) is 10.1. The minimum Gasteiger partial charge on any atom is -0.495 e. The average molecular weight is 557 g/mol. The zero-order valence-electron chi connectivity index (χ0n) is 22.0. The van der Waals surface area contributed by atoms with Crippen LogP contribution in [0.3, 0.4) is 0 Å². The number of anilines is 1. The topological polar surface area (TPSA) is 108 Å². The molecule has 204 valence electrons. The third-order valence-electron chi connectivity index (χ3n) is 7.64. The van der Waals surface area contributed by atoms with Crippen molar-refractivity contribution >= 4 is 44.1 Å². The number of amides is 1. The number of hydrogen-bond donors (Lipinski definition) is 1. The Morgan fingerprint density at radius 1 is 1.05 bits per heavy atom. The number of ketones is 1. The van der Waals surface area contributed by atoms with Gasteiger partial charge in [-0.15, -0.1) is 11.3 Å². The van der Waals surface area contributed by atoms with Crippen molar-refractivity contribution in [3.63, 3.8) is 0 Å². The van der Waals surface area contributed by atoms with Crippen LogP contribution in [0.1, 0.15) is 55.9 Å². The first kappa shape index (κ1) is 25.9. The summed E-state index contributed by atoms with van der Waals surface area (Å²) >= 11 is 1.34. The first-order valence-corrected chi connectivity index (χ1v) is 13.9. The van der Waals surface area contributed by atoms with Crippen molar-refractivity contribution in [1.82, 2.24) is 4.90 Å². The molecule has 2 aliphatic rings. The first-order valence-electron chi connectivity index (χ1n) is 13.1. The summed E-state index contributed by atoms with van der Waals surface area (Å²) in [6.45, 7) is 1.03. The summed E-state index contributed by atoms with van der Waals surface area (Å²) in [6.07, 6.45) is 1.21. The van der Waals surface area contributed by atoms with Crippen molar-refractivity contribution in [1.29, 1.82) is 0 Å². The quantitative estimate of drug-likeness (QED) is 0.324. The second-order valence-corrected chi connectivity index (χ2v) is 11.2. The van der Waals surface area contributed by atoms with Crippen LogP contribution in [0.4, 0.5) is 5.00 Å². The van der Waals surface area contributed by atoms with Crippen LogP contribution in [-0.4, -0.2) is 48.4 Å². The number of carbonyl (C=O) groups excluding carboxylic acids is 3. The van der Waals surface area contributed by atoms with E-state index >= 15 is 0 Å². The molecule has 1 amide bonds. The number of Topliss-reactive ketones (excluding diaryl/α,β-unsaturated/α-hetero) is 1. The Morgan fingerprint density at radius 3 is 2.58 bits per heavy atom. The second kappa shape index (κ2) is 10.3. The van der Waals surface area contributed by atoms with Gasteiger partial charge in [-0.05, 0) is 29.8 Å². The molecule has 0 atom stereocenters. The lowest BCUT2D eigenvalue weighted by Crippen LogP contribution is -2.52. The molecule has 4 aromatic rings. The van der Waals surface area contributed by atoms with Gasteiger partial charge in [-0.1, -0.05) is 42.5 Å². The number of carbonyl (C=O) groups is 3. The maximum absolute atomic E-state index is 13.5. The molecule has 3 heterocycles. The van der Waals surface area contributed by atoms with E-state index < -0.39 is 11.6 Å². The molecule has 1 aromatic heterocycles. The molecular weight excluding hydrogens is 528 g/mol. The van der Waals surface area contributed by atoms with Gasteiger partial charge in [0.15, 0.2) is 5.78 Å². The SMILES string of the molecule is COc1cccc2c(C(=O)N3CCC4(CC3)CC(=O)c3cc(C(=O)OCc5ccccc5)ccc3O4)c(N)sc12. The van der Waals surface area contributed by atoms with E-state index in [4.69, 9.17) is 19.9 Å². The van der Waals surface area contributed by atoms with Crippen LogP contribution in [0.25, 0.3) is 10.1 Å². The van der Waals surface area contributed by atoms with Gasteiger partial charge in [0.05, 0.1) is 39.9 Å². The molecule has 0 bridgehead atoms. The van der Waals surface area contributed by atoms with E-state index in [1.165, 1.54) is 11.3 Å². The third-order valence-corrected chi connectivity index (χ3v) is 8.69. The lowest BCUT2D eigenvalue weighted by molar-refractivity contribution is -0.00563. The Balaban J connectivity index is 1.14. The van der Waals surface area contributed by atoms with Crippen LogP contribution in [0.15, 0.2) is 66.7 Å². The van der Waals surface area contributed by atoms with Gasteiger partial charge >= 0.3 is 5.97 Å². The zero-order valence-corrected chi connectivity index (χ0v) is 22.8. The molecule has 2 aliphatic heterocycles. The number of nitrogens with zero attached hydrogens (tertiary/aromatic N) is 1. The van der Waals surface area contributed by atoms with Crippen LogP contribution >= 0.6 is 11.3 Å². The Hall–Kier alpha value is -4.37. The standard InChI is InChI=1S/C31H28N2O6S/c1-37-25-9-5-8-21-26(28(32)40-27(21)25)29(35)33-14-12-31(13-15-33)17-23(34)22-16-20(10-11-24(22)39-31)30(36)38-18-19-6-3-2-4-7-19/h2-11,16H,12-15,17-18,32H2,1H3. The summed E-state index contributed by atoms with van der Waals surface area (Å²) in [5.41, 5.74) is 7.66. The molecule has 3 aromatic carbocycles. The maximum atomic E-state index is 13.5. The predicted octanol–water partition coefficient (Wildman–Crippen LogP) is 5.49. The van der Waals surface area contributed by atoms with Gasteiger partial charge in [0.25, 0.3) is 5.91 Å². The summed E-state index contributed by atoms with van der Waals surface area (Å²) in [5, 5.41) is 1.24. The molecule has 0 saturated carbocycles. The average Bonchev–Trinajstić information content (AvgIpc) is 3.32. The van der Waals surface area contributed by atoms with Crippen LogP contribution in [-0.2, 0) is 11.3 Å². The summed E-state index contributed by atoms with van der Waals surface area (Å²) in [7, 11) is 1.60. The van der Waals surface area contributed by atoms with Gasteiger partial charge in [-0.2, -0.15) is 0 Å². The van der Waals surface area contributed by atoms with Gasteiger partial charge < -0.3 is 24.8 Å². The normalized spacial score (nSPS) is 15.9. The van der Waals surface area contributed by atoms with Gasteiger partial charge in [0, 0.05) is 31.3 Å². The van der Waals surface area contributed by atoms with Crippen LogP contribution in [0, 0.1) is 0 Å². The summed E-state index contributed by atoms with van der Waals surface area (Å²) in [5.74, 6) is 0.429. The van der Waals surface area contributed by atoms with Gasteiger partial charge in [-0.3, -0.25) is 9.59 Å². The number of benzene rings is 3. The largest absolute Gasteiger partial charge is 0.495 e. The number of ether oxygens (including phenoxy) is 3. The molecule has 1 fully saturated rings. The van der Waals surface area contributed by atoms with E-state index in [-0.39, 0.29) is 24.7 Å². The molecular formula is C31H28N2O6S. The highest BCUT2D eigenvalue weighted by Gasteiger charge is 2.44. The summed E-state index contributed by atoms with van der Waals surface area (Å²) in [6, 6.07) is 19.8. The van der Waals surface area contributed by atoms with E-state index in [1.54, 1.807) is 30.2 Å². The Bertz CT molecular complexity index is 1620. The molecule has 40 heavy (non-hydrogen) atoms. The number of esters is 1. The number of fused-ring (bicyclic) bond motifs is 2. The van der Waals surface area contributed by atoms with E-state index in [2.05, 4.69) is 0 Å². The summed E-state index contributed by atoms with van der Waals surface area (Å²) < 4.78 is 18.1. The van der Waals surface area contributed by atoms with E-state index in [0.29, 0.717) is 59.1 Å². The van der Waals surface area contributed by atoms with Crippen molar-refractivity contribution in [3.05, 3.63) is 89.0 Å². The first-order chi connectivity index (χ1) is 19.4. The number of rotatable bonds is 5. The zero-order chi connectivity index (χ0) is 27.9. The maximum Gasteiger partial charge on any atom is 0.338 e. The molecule has 1 saturated heterocycles. The smallest absolute Gasteiger partial charge is 0.338 e. The van der Waals surface area contributed by atoms with Crippen LogP contribution in [0.5, 0.6) is 11.5 Å². The summed E-state index contributed by atoms with van der Waals surface area (Å²) in [4.78, 5) is 41.2. The predicted molar refractivity (Wildman–Crippen MR) is 152 cm³/mol. The highest BCUT2D eigenvalue weighted by atomic mass is 32.1. The minimum absolute atomic E-state index is 0.0843. The Morgan fingerprint density at radius 2 is 1.82 bits per heavy atom. The van der Waals surface area contributed by atoms with Crippen molar-refractivity contribution in [3.8, 4) is 11.5 Å². The van der Waals surface area contributed by atoms with Crippen LogP contribution in [0.2, 0.25) is 0 Å². The van der Waals surface area contributed by atoms with E-state index in [9.17, 15) is 14.4 Å². The molecule has 9 heteroatoms. The fraction of sp³-hybridized carbons (Fsp3) is 0.258. The fourth-order valence-electron chi connectivity index (χ4n) is 5.47. The van der Waals surface area contributed by atoms with Gasteiger partial charge in [-0.25, -0.2) is 4.79 Å². The fourth-order valence-corrected chi connectivity index (χ4v) is 6.53. The Labute approximate surface area is 235 Å². The molecule has 1 spiro atoms. The molecule has 8 nitrogen and oxygen atoms in total. The monoisotopic (exact) mass is 556 g/mol. The van der Waals surface area contributed by atoms with Crippen molar-refractivity contribution in [2.75, 3.05) is 25.9 Å². The van der Waals surface area contributed by atoms with Crippen molar-refractivity contribution < 1.29 is 28.6 Å². The number of thiophene rings is 1. The van der Waals surface area contributed by atoms with E-state index in [1.807, 2.05) is 48.5 Å². The number of hydrogen-bond acceptors (Lipinski definition) is 8. The lowest BCUT2D eigenvalue weighted by Gasteiger charge is -2.44. The van der Waals surface area contributed by atoms with Crippen molar-refractivity contribution in [2.45, 2.75) is 31.5 Å². The number of piperidine rings is 1. The van der Waals surface area contributed by atoms with E-state index in [0.717, 1.165) is 15.6 Å². The molecule has 0 radical (unpaired) electrons. The number of methoxy groups -OCH3 is 1. The van der Waals surface area contributed by atoms with Crippen LogP contribution < -0.4 is 15.2 Å².